The van der Waals surface area contributed by atoms with Crippen LogP contribution in [-0.2, 0) is 14.2 Å². The number of rotatable bonds is 11. The van der Waals surface area contributed by atoms with Crippen molar-refractivity contribution in [1.29, 1.82) is 0 Å². The Morgan fingerprint density at radius 3 is 2.73 bits per heavy atom. The number of ether oxygens (including phenoxy) is 3. The fourth-order valence-electron chi connectivity index (χ4n) is 5.16. The van der Waals surface area contributed by atoms with Gasteiger partial charge in [0.25, 0.3) is 0 Å². The first-order valence-electron chi connectivity index (χ1n) is 13.1. The molecule has 2 aliphatic heterocycles. The van der Waals surface area contributed by atoms with E-state index in [1.54, 1.807) is 4.90 Å². The normalized spacial score (nSPS) is 20.2. The highest BCUT2D eigenvalue weighted by molar-refractivity contribution is 5.74. The summed E-state index contributed by atoms with van der Waals surface area (Å²) in [4.78, 5) is 26.3. The number of urea groups is 1. The van der Waals surface area contributed by atoms with Gasteiger partial charge in [-0.2, -0.15) is 0 Å². The number of carbonyl (C=O) groups is 2. The summed E-state index contributed by atoms with van der Waals surface area (Å²) in [6, 6.07) is 3.84. The number of piperidine rings is 1. The molecule has 2 aliphatic rings. The van der Waals surface area contributed by atoms with E-state index in [1.165, 1.54) is 19.2 Å². The zero-order chi connectivity index (χ0) is 26.6. The third kappa shape index (κ3) is 8.79. The molecule has 3 rings (SSSR count). The van der Waals surface area contributed by atoms with Gasteiger partial charge in [-0.05, 0) is 51.1 Å². The Kier molecular flexibility index (Phi) is 11.8. The van der Waals surface area contributed by atoms with Crippen LogP contribution in [0.15, 0.2) is 18.2 Å². The quantitative estimate of drug-likeness (QED) is 0.383. The van der Waals surface area contributed by atoms with Gasteiger partial charge in [0, 0.05) is 56.9 Å². The maximum absolute atomic E-state index is 14.8. The largest absolute Gasteiger partial charge is 0.453 e. The van der Waals surface area contributed by atoms with Crippen molar-refractivity contribution < 1.29 is 32.6 Å². The molecule has 3 amide bonds. The molecular weight excluding hydrogens is 486 g/mol. The molecule has 2 saturated heterocycles. The smallest absolute Gasteiger partial charge is 0.406 e. The Morgan fingerprint density at radius 1 is 1.22 bits per heavy atom. The zero-order valence-corrected chi connectivity index (χ0v) is 21.8. The summed E-state index contributed by atoms with van der Waals surface area (Å²) in [5, 5.41) is 8.86. The molecule has 0 spiro atoms. The molecule has 0 saturated carbocycles. The van der Waals surface area contributed by atoms with Gasteiger partial charge in [0.05, 0.1) is 19.8 Å². The molecule has 1 aromatic carbocycles. The summed E-state index contributed by atoms with van der Waals surface area (Å²) >= 11 is 0. The molecule has 37 heavy (non-hydrogen) atoms. The van der Waals surface area contributed by atoms with E-state index in [4.69, 9.17) is 9.47 Å². The van der Waals surface area contributed by atoms with Gasteiger partial charge in [-0.25, -0.2) is 18.4 Å². The van der Waals surface area contributed by atoms with Crippen LogP contribution in [0.25, 0.3) is 0 Å². The SMILES string of the molecule is CNC[C@H](CC1CCOCC1)NC(=O)N1CCC[C@@H]([C@@H](OCCNC(=O)OC)c2cccc(F)c2F)C1. The first-order chi connectivity index (χ1) is 17.9. The average Bonchev–Trinajstić information content (AvgIpc) is 2.91. The van der Waals surface area contributed by atoms with Crippen LogP contribution in [0.2, 0.25) is 0 Å². The predicted octanol–water partition coefficient (Wildman–Crippen LogP) is 3.20. The van der Waals surface area contributed by atoms with E-state index in [1.807, 2.05) is 7.05 Å². The number of benzene rings is 1. The summed E-state index contributed by atoms with van der Waals surface area (Å²) in [5.74, 6) is -1.64. The molecule has 1 aromatic rings. The topological polar surface area (TPSA) is 101 Å². The molecule has 0 aliphatic carbocycles. The second kappa shape index (κ2) is 15.0. The van der Waals surface area contributed by atoms with Crippen LogP contribution in [0.1, 0.15) is 43.8 Å². The fourth-order valence-corrected chi connectivity index (χ4v) is 5.16. The molecule has 3 atom stereocenters. The number of nitrogens with one attached hydrogen (secondary N) is 3. The number of halogens is 2. The fraction of sp³-hybridized carbons (Fsp3) is 0.692. The molecule has 9 nitrogen and oxygen atoms in total. The van der Waals surface area contributed by atoms with E-state index in [-0.39, 0.29) is 36.7 Å². The summed E-state index contributed by atoms with van der Waals surface area (Å²) in [5.41, 5.74) is 0.109. The van der Waals surface area contributed by atoms with E-state index >= 15 is 0 Å². The third-order valence-corrected chi connectivity index (χ3v) is 7.05. The average molecular weight is 527 g/mol. The predicted molar refractivity (Wildman–Crippen MR) is 134 cm³/mol. The number of likely N-dealkylation sites (N-methyl/N-ethyl adjacent to an activating group) is 1. The summed E-state index contributed by atoms with van der Waals surface area (Å²) in [7, 11) is 3.12. The molecule has 3 N–H and O–H groups in total. The summed E-state index contributed by atoms with van der Waals surface area (Å²) in [6.07, 6.45) is 2.88. The third-order valence-electron chi connectivity index (χ3n) is 7.05. The van der Waals surface area contributed by atoms with Crippen molar-refractivity contribution in [2.45, 2.75) is 44.2 Å². The second-order valence-corrected chi connectivity index (χ2v) is 9.70. The van der Waals surface area contributed by atoms with Crippen molar-refractivity contribution in [2.75, 3.05) is 60.2 Å². The number of likely N-dealkylation sites (tertiary alicyclic amines) is 1. The minimum atomic E-state index is -0.958. The van der Waals surface area contributed by atoms with Gasteiger partial charge in [0.1, 0.15) is 0 Å². The maximum Gasteiger partial charge on any atom is 0.406 e. The van der Waals surface area contributed by atoms with Gasteiger partial charge in [0.2, 0.25) is 0 Å². The molecule has 0 aromatic heterocycles. The van der Waals surface area contributed by atoms with Gasteiger partial charge >= 0.3 is 12.1 Å². The number of amides is 3. The van der Waals surface area contributed by atoms with E-state index < -0.39 is 23.8 Å². The van der Waals surface area contributed by atoms with Crippen LogP contribution in [0.4, 0.5) is 18.4 Å². The van der Waals surface area contributed by atoms with Crippen molar-refractivity contribution in [3.63, 3.8) is 0 Å². The van der Waals surface area contributed by atoms with Gasteiger partial charge in [-0.3, -0.25) is 0 Å². The first kappa shape index (κ1) is 29.1. The molecule has 0 unspecified atom stereocenters. The highest BCUT2D eigenvalue weighted by atomic mass is 19.2. The lowest BCUT2D eigenvalue weighted by molar-refractivity contribution is -0.0110. The lowest BCUT2D eigenvalue weighted by Gasteiger charge is -2.38. The minimum Gasteiger partial charge on any atom is -0.453 e. The van der Waals surface area contributed by atoms with Crippen LogP contribution >= 0.6 is 0 Å². The van der Waals surface area contributed by atoms with Crippen LogP contribution < -0.4 is 16.0 Å². The second-order valence-electron chi connectivity index (χ2n) is 9.70. The molecule has 208 valence electrons. The summed E-state index contributed by atoms with van der Waals surface area (Å²) < 4.78 is 44.8. The number of hydrogen-bond acceptors (Lipinski definition) is 6. The number of methoxy groups -OCH3 is 1. The standard InChI is InChI=1S/C26H40F2N4O5/c1-29-16-20(15-18-8-12-36-13-9-18)31-25(33)32-11-4-5-19(17-32)24(37-14-10-30-26(34)35-2)21-6-3-7-22(27)23(21)28/h3,6-7,18-20,24,29H,4-5,8-17H2,1-2H3,(H,30,34)(H,31,33)/t19-,20+,24-/m1/s1. The van der Waals surface area contributed by atoms with Crippen molar-refractivity contribution in [3.05, 3.63) is 35.4 Å². The van der Waals surface area contributed by atoms with E-state index in [0.717, 1.165) is 38.5 Å². The summed E-state index contributed by atoms with van der Waals surface area (Å²) in [6.45, 7) is 3.32. The van der Waals surface area contributed by atoms with Crippen molar-refractivity contribution in [3.8, 4) is 0 Å². The number of carbonyl (C=O) groups excluding carboxylic acids is 2. The van der Waals surface area contributed by atoms with Gasteiger partial charge < -0.3 is 35.1 Å². The van der Waals surface area contributed by atoms with E-state index in [0.29, 0.717) is 38.4 Å². The first-order valence-corrected chi connectivity index (χ1v) is 13.1. The number of alkyl carbamates (subject to hydrolysis) is 1. The van der Waals surface area contributed by atoms with Crippen molar-refractivity contribution in [2.24, 2.45) is 11.8 Å². The monoisotopic (exact) mass is 526 g/mol. The van der Waals surface area contributed by atoms with Gasteiger partial charge in [-0.15, -0.1) is 0 Å². The Bertz CT molecular complexity index is 871. The molecule has 2 fully saturated rings. The molecule has 11 heteroatoms. The Balaban J connectivity index is 1.66. The van der Waals surface area contributed by atoms with Gasteiger partial charge in [-0.1, -0.05) is 12.1 Å². The van der Waals surface area contributed by atoms with Crippen LogP contribution in [-0.4, -0.2) is 83.2 Å². The Hall–Kier alpha value is -2.50. The molecule has 0 bridgehead atoms. The lowest BCUT2D eigenvalue weighted by Crippen LogP contribution is -2.52. The zero-order valence-electron chi connectivity index (χ0n) is 21.8. The Morgan fingerprint density at radius 2 is 2.00 bits per heavy atom. The molecular formula is C26H40F2N4O5. The van der Waals surface area contributed by atoms with E-state index in [2.05, 4.69) is 20.7 Å². The highest BCUT2D eigenvalue weighted by Gasteiger charge is 2.34. The van der Waals surface area contributed by atoms with Crippen LogP contribution in [0.5, 0.6) is 0 Å². The van der Waals surface area contributed by atoms with Crippen molar-refractivity contribution in [1.82, 2.24) is 20.9 Å². The number of nitrogens with zero attached hydrogens (tertiary/aromatic N) is 1. The van der Waals surface area contributed by atoms with Crippen LogP contribution in [0.3, 0.4) is 0 Å². The van der Waals surface area contributed by atoms with Crippen molar-refractivity contribution >= 4 is 12.1 Å². The van der Waals surface area contributed by atoms with Crippen LogP contribution in [0, 0.1) is 23.5 Å². The highest BCUT2D eigenvalue weighted by Crippen LogP contribution is 2.35. The van der Waals surface area contributed by atoms with Gasteiger partial charge in [0.15, 0.2) is 11.6 Å². The van der Waals surface area contributed by atoms with E-state index in [9.17, 15) is 18.4 Å². The maximum atomic E-state index is 14.8. The number of hydrogen-bond donors (Lipinski definition) is 3. The lowest BCUT2D eigenvalue weighted by atomic mass is 9.88. The Labute approximate surface area is 217 Å². The molecule has 2 heterocycles. The molecule has 0 radical (unpaired) electrons. The minimum absolute atomic E-state index is 0.0157.